The summed E-state index contributed by atoms with van der Waals surface area (Å²) in [6.07, 6.45) is -1.44. The maximum atomic E-state index is 11.9. The summed E-state index contributed by atoms with van der Waals surface area (Å²) >= 11 is 1.44. The second kappa shape index (κ2) is 9.54. The van der Waals surface area contributed by atoms with E-state index in [0.717, 1.165) is 18.4 Å². The number of fused-ring (bicyclic) bond motifs is 2. The van der Waals surface area contributed by atoms with Gasteiger partial charge >= 0.3 is 7.82 Å². The van der Waals surface area contributed by atoms with Crippen LogP contribution in [-0.2, 0) is 30.5 Å². The minimum absolute atomic E-state index is 0.177. The van der Waals surface area contributed by atoms with Crippen LogP contribution in [0.25, 0.3) is 11.2 Å². The van der Waals surface area contributed by atoms with Gasteiger partial charge in [0, 0.05) is 12.2 Å². The number of ether oxygens (including phenoxy) is 1. The zero-order valence-electron chi connectivity index (χ0n) is 18.5. The normalized spacial score (nSPS) is 28.9. The molecule has 2 aromatic heterocycles. The molecule has 11 nitrogen and oxygen atoms in total. The van der Waals surface area contributed by atoms with Gasteiger partial charge in [-0.2, -0.15) is 0 Å². The van der Waals surface area contributed by atoms with E-state index in [1.165, 1.54) is 11.8 Å². The lowest BCUT2D eigenvalue weighted by Gasteiger charge is -2.27. The topological polar surface area (TPSA) is 155 Å². The number of phosphoric acid groups is 1. The van der Waals surface area contributed by atoms with Crippen LogP contribution in [0.15, 0.2) is 35.5 Å². The first-order valence-corrected chi connectivity index (χ1v) is 13.5. The number of aryl methyl sites for hydroxylation is 1. The van der Waals surface area contributed by atoms with E-state index in [1.54, 1.807) is 4.57 Å². The highest BCUT2D eigenvalue weighted by molar-refractivity contribution is 7.98. The number of nitrogen functional groups attached to an aromatic ring is 1. The fourth-order valence-corrected chi connectivity index (χ4v) is 6.01. The first-order valence-electron chi connectivity index (χ1n) is 11.1. The molecule has 5 atom stereocenters. The van der Waals surface area contributed by atoms with Crippen molar-refractivity contribution in [3.63, 3.8) is 0 Å². The van der Waals surface area contributed by atoms with E-state index < -0.39 is 32.4 Å². The maximum absolute atomic E-state index is 11.9. The fraction of sp³-hybridized carbons (Fsp3) is 0.476. The number of phosphoric ester groups is 1. The van der Waals surface area contributed by atoms with Crippen molar-refractivity contribution in [3.05, 3.63) is 41.7 Å². The number of anilines is 1. The van der Waals surface area contributed by atoms with Gasteiger partial charge in [0.05, 0.1) is 6.61 Å². The molecule has 0 radical (unpaired) electrons. The van der Waals surface area contributed by atoms with Gasteiger partial charge in [-0.3, -0.25) is 13.6 Å². The molecular formula is C21H26N5O6PS. The summed E-state index contributed by atoms with van der Waals surface area (Å²) in [6, 6.07) is 9.89. The molecule has 0 saturated carbocycles. The van der Waals surface area contributed by atoms with Gasteiger partial charge in [-0.25, -0.2) is 19.5 Å². The number of rotatable bonds is 7. The molecule has 13 heteroatoms. The van der Waals surface area contributed by atoms with Gasteiger partial charge in [0.15, 0.2) is 28.4 Å². The van der Waals surface area contributed by atoms with E-state index in [2.05, 4.69) is 16.9 Å². The quantitative estimate of drug-likeness (QED) is 0.319. The van der Waals surface area contributed by atoms with Crippen molar-refractivity contribution >= 4 is 36.6 Å². The summed E-state index contributed by atoms with van der Waals surface area (Å²) in [6.45, 7) is 1.90. The number of unbranched alkanes of at least 4 members (excludes halogenated alkanes) is 1. The summed E-state index contributed by atoms with van der Waals surface area (Å²) in [5.41, 5.74) is 8.18. The zero-order valence-corrected chi connectivity index (χ0v) is 20.2. The second-order valence-electron chi connectivity index (χ2n) is 8.23. The number of aliphatic hydroxyl groups is 1. The molecule has 2 saturated heterocycles. The van der Waals surface area contributed by atoms with Crippen LogP contribution >= 0.6 is 19.6 Å². The second-order valence-corrected chi connectivity index (χ2v) is 10.6. The lowest BCUT2D eigenvalue weighted by atomic mass is 10.1. The first-order chi connectivity index (χ1) is 16.4. The van der Waals surface area contributed by atoms with Crippen LogP contribution in [0.4, 0.5) is 5.82 Å². The lowest BCUT2D eigenvalue weighted by Crippen LogP contribution is -2.39. The zero-order chi connectivity index (χ0) is 23.9. The summed E-state index contributed by atoms with van der Waals surface area (Å²) in [5.74, 6) is 1.44. The van der Waals surface area contributed by atoms with Crippen molar-refractivity contribution in [1.29, 1.82) is 0 Å². The lowest BCUT2D eigenvalue weighted by molar-refractivity contribution is -0.0684. The molecule has 2 aliphatic rings. The molecular weight excluding hydrogens is 481 g/mol. The Kier molecular flexibility index (Phi) is 6.64. The molecule has 0 amide bonds. The van der Waals surface area contributed by atoms with Crippen LogP contribution in [-0.4, -0.2) is 54.4 Å². The third-order valence-electron chi connectivity index (χ3n) is 5.77. The molecule has 2 fully saturated rings. The van der Waals surface area contributed by atoms with Gasteiger partial charge in [-0.15, -0.1) is 0 Å². The predicted molar refractivity (Wildman–Crippen MR) is 125 cm³/mol. The summed E-state index contributed by atoms with van der Waals surface area (Å²) in [7, 11) is -4.25. The van der Waals surface area contributed by atoms with Crippen molar-refractivity contribution in [2.24, 2.45) is 0 Å². The average Bonchev–Trinajstić information content (AvgIpc) is 3.33. The third kappa shape index (κ3) is 4.59. The van der Waals surface area contributed by atoms with Crippen molar-refractivity contribution in [1.82, 2.24) is 19.5 Å². The first kappa shape index (κ1) is 23.7. The molecule has 182 valence electrons. The molecule has 3 aromatic rings. The van der Waals surface area contributed by atoms with Crippen molar-refractivity contribution in [2.45, 2.75) is 61.6 Å². The smallest absolute Gasteiger partial charge is 0.386 e. The monoisotopic (exact) mass is 507 g/mol. The molecule has 1 unspecified atom stereocenters. The molecule has 4 N–H and O–H groups in total. The van der Waals surface area contributed by atoms with Crippen LogP contribution < -0.4 is 5.73 Å². The Morgan fingerprint density at radius 1 is 1.26 bits per heavy atom. The van der Waals surface area contributed by atoms with E-state index in [0.29, 0.717) is 34.3 Å². The van der Waals surface area contributed by atoms with Gasteiger partial charge in [-0.1, -0.05) is 55.4 Å². The van der Waals surface area contributed by atoms with E-state index in [1.807, 2.05) is 30.3 Å². The molecule has 1 aromatic carbocycles. The van der Waals surface area contributed by atoms with Gasteiger partial charge in [-0.05, 0) is 12.0 Å². The van der Waals surface area contributed by atoms with Gasteiger partial charge < -0.3 is 20.5 Å². The van der Waals surface area contributed by atoms with Gasteiger partial charge in [0.2, 0.25) is 0 Å². The highest BCUT2D eigenvalue weighted by Crippen LogP contribution is 2.53. The van der Waals surface area contributed by atoms with E-state index in [-0.39, 0.29) is 12.4 Å². The van der Waals surface area contributed by atoms with Gasteiger partial charge in [0.25, 0.3) is 0 Å². The molecule has 2 aliphatic heterocycles. The molecule has 34 heavy (non-hydrogen) atoms. The highest BCUT2D eigenvalue weighted by atomic mass is 32.2. The van der Waals surface area contributed by atoms with Crippen molar-refractivity contribution < 1.29 is 28.3 Å². The summed E-state index contributed by atoms with van der Waals surface area (Å²) in [4.78, 5) is 23.5. The van der Waals surface area contributed by atoms with Crippen LogP contribution in [0, 0.1) is 0 Å². The number of aromatic nitrogens is 4. The SMILES string of the molecule is CCCCc1nc(N)c2nc(SCc3ccccc3)n([C@@H]3O[C@@H]4COP(=O)(O)O[C@H]4[C@H]3O)c2n1. The average molecular weight is 508 g/mol. The third-order valence-corrected chi connectivity index (χ3v) is 7.78. The number of nitrogens with zero attached hydrogens (tertiary/aromatic N) is 4. The summed E-state index contributed by atoms with van der Waals surface area (Å²) in [5, 5.41) is 11.6. The predicted octanol–water partition coefficient (Wildman–Crippen LogP) is 2.82. The van der Waals surface area contributed by atoms with Crippen LogP contribution in [0.1, 0.15) is 37.4 Å². The fourth-order valence-electron chi connectivity index (χ4n) is 4.07. The van der Waals surface area contributed by atoms with E-state index in [4.69, 9.17) is 24.5 Å². The van der Waals surface area contributed by atoms with Crippen molar-refractivity contribution in [2.75, 3.05) is 12.3 Å². The maximum Gasteiger partial charge on any atom is 0.472 e. The Hall–Kier alpha value is -2.05. The summed E-state index contributed by atoms with van der Waals surface area (Å²) < 4.78 is 29.7. The molecule has 5 rings (SSSR count). The van der Waals surface area contributed by atoms with Crippen LogP contribution in [0.2, 0.25) is 0 Å². The molecule has 0 spiro atoms. The Morgan fingerprint density at radius 3 is 2.82 bits per heavy atom. The number of hydrogen-bond donors (Lipinski definition) is 3. The Balaban J connectivity index is 1.56. The Labute approximate surface area is 200 Å². The number of nitrogens with two attached hydrogens (primary N) is 1. The molecule has 0 aliphatic carbocycles. The highest BCUT2D eigenvalue weighted by Gasteiger charge is 2.53. The molecule has 0 bridgehead atoms. The van der Waals surface area contributed by atoms with Crippen molar-refractivity contribution in [3.8, 4) is 0 Å². The number of aliphatic hydroxyl groups excluding tert-OH is 1. The minimum atomic E-state index is -4.25. The largest absolute Gasteiger partial charge is 0.472 e. The number of benzene rings is 1. The van der Waals surface area contributed by atoms with Gasteiger partial charge in [0.1, 0.15) is 24.1 Å². The van der Waals surface area contributed by atoms with E-state index in [9.17, 15) is 14.6 Å². The standard InChI is InChI=1S/C21H26N5O6PS/c1-2-3-9-14-23-18(22)15-19(24-14)26(21(25-15)34-11-12-7-5-4-6-8-12)20-16(27)17-13(31-20)10-30-33(28,29)32-17/h4-8,13,16-17,20,27H,2-3,9-11H2,1H3,(H,28,29)(H2,22,23,24)/t13-,16-,17-,20-/m1/s1. The molecule has 4 heterocycles. The van der Waals surface area contributed by atoms with Crippen LogP contribution in [0.3, 0.4) is 0 Å². The van der Waals surface area contributed by atoms with E-state index >= 15 is 0 Å². The Bertz CT molecular complexity index is 1230. The van der Waals surface area contributed by atoms with Crippen LogP contribution in [0.5, 0.6) is 0 Å². The number of imidazole rings is 1. The Morgan fingerprint density at radius 2 is 2.06 bits per heavy atom. The number of hydrogen-bond acceptors (Lipinski definition) is 10. The number of thioether (sulfide) groups is 1. The minimum Gasteiger partial charge on any atom is -0.386 e.